The number of aliphatic hydroxyl groups excluding tert-OH is 1. The Morgan fingerprint density at radius 1 is 1.00 bits per heavy atom. The van der Waals surface area contributed by atoms with Crippen molar-refractivity contribution in [1.29, 1.82) is 5.26 Å². The number of amides is 4. The summed E-state index contributed by atoms with van der Waals surface area (Å²) in [4.78, 5) is 61.2. The maximum atomic E-state index is 14.0. The molecule has 16 heteroatoms. The molecule has 2 heterocycles. The lowest BCUT2D eigenvalue weighted by Crippen LogP contribution is -2.74. The van der Waals surface area contributed by atoms with Gasteiger partial charge in [-0.2, -0.15) is 5.26 Å². The lowest BCUT2D eigenvalue weighted by atomic mass is 9.49. The summed E-state index contributed by atoms with van der Waals surface area (Å²) in [6, 6.07) is 20.5. The molecule has 2 aliphatic carbocycles. The third-order valence-corrected chi connectivity index (χ3v) is 14.6. The van der Waals surface area contributed by atoms with Gasteiger partial charge in [0.15, 0.2) is 0 Å². The van der Waals surface area contributed by atoms with E-state index in [-0.39, 0.29) is 60.9 Å². The lowest BCUT2D eigenvalue weighted by molar-refractivity contribution is -0.164. The Hall–Kier alpha value is -5.53. The van der Waals surface area contributed by atoms with Crippen LogP contribution in [0.5, 0.6) is 5.75 Å². The van der Waals surface area contributed by atoms with E-state index in [1.165, 1.54) is 28.3 Å². The molecular weight excluding hydrogens is 902 g/mol. The third-order valence-electron chi connectivity index (χ3n) is 13.4. The number of carbonyl (C=O) groups is 4. The standard InChI is InChI=1S/C52H64ClN7O7S/c1-50(2,3)44(47(65)60-28-37(61)24-40(60)46(64)56-27-31-10-12-33(13-11-31)43-42(32-14-15-32)57-30-68-43)58-41(62)29-66-23-9-8-22-55-36-19-16-34(17-20-36)45(63)59-48-51(4,5)49(52(48,6)7)67-38-21-18-35(26-54)39(53)25-38/h10-13,16-21,25,30,32,37,40,44,48-49,55,61H,8-9,14-15,22-24,27-29H2,1-7H3,(H,56,64)(H,58,62)(H,59,63)/t37-,40+,44?,48?,49?/m1/s1. The van der Waals surface area contributed by atoms with Crippen LogP contribution >= 0.6 is 22.9 Å². The summed E-state index contributed by atoms with van der Waals surface area (Å²) in [5.41, 5.74) is 5.40. The van der Waals surface area contributed by atoms with Crippen molar-refractivity contribution in [2.24, 2.45) is 16.2 Å². The zero-order chi connectivity index (χ0) is 49.0. The van der Waals surface area contributed by atoms with Crippen LogP contribution in [0.2, 0.25) is 5.02 Å². The van der Waals surface area contributed by atoms with Gasteiger partial charge in [-0.25, -0.2) is 4.98 Å². The monoisotopic (exact) mass is 965 g/mol. The fourth-order valence-corrected chi connectivity index (χ4v) is 10.9. The minimum Gasteiger partial charge on any atom is -0.489 e. The highest BCUT2D eigenvalue weighted by Gasteiger charge is 2.64. The van der Waals surface area contributed by atoms with Crippen LogP contribution in [0.1, 0.15) is 114 Å². The van der Waals surface area contributed by atoms with E-state index in [4.69, 9.17) is 21.1 Å². The SMILES string of the molecule is CC(C)(C)C(NC(=O)COCCCCNc1ccc(C(=O)NC2C(C)(C)C(Oc3ccc(C#N)c(Cl)c3)C2(C)C)cc1)C(=O)N1C[C@H](O)C[C@H]1C(=O)NCc1ccc(-c2scnc2C2CC2)cc1. The second-order valence-corrected chi connectivity index (χ2v) is 21.8. The molecule has 5 N–H and O–H groups in total. The highest BCUT2D eigenvalue weighted by Crippen LogP contribution is 2.55. The number of nitrogens with zero attached hydrogens (tertiary/aromatic N) is 3. The topological polar surface area (TPSA) is 195 Å². The molecule has 1 unspecified atom stereocenters. The van der Waals surface area contributed by atoms with Gasteiger partial charge in [0.05, 0.1) is 32.8 Å². The molecule has 1 aromatic heterocycles. The summed E-state index contributed by atoms with van der Waals surface area (Å²) < 4.78 is 12.0. The van der Waals surface area contributed by atoms with Crippen molar-refractivity contribution < 1.29 is 33.8 Å². The second-order valence-electron chi connectivity index (χ2n) is 20.6. The molecule has 7 rings (SSSR count). The van der Waals surface area contributed by atoms with Gasteiger partial charge < -0.3 is 40.7 Å². The molecule has 0 bridgehead atoms. The van der Waals surface area contributed by atoms with Crippen molar-refractivity contribution in [3.05, 3.63) is 99.6 Å². The first-order chi connectivity index (χ1) is 32.3. The molecule has 14 nitrogen and oxygen atoms in total. The number of likely N-dealkylation sites (tertiary alicyclic amines) is 1. The number of aliphatic hydroxyl groups is 1. The van der Waals surface area contributed by atoms with Gasteiger partial charge in [0.25, 0.3) is 5.91 Å². The van der Waals surface area contributed by atoms with Gasteiger partial charge in [0.2, 0.25) is 17.7 Å². The molecule has 3 atom stereocenters. The molecule has 1 aliphatic heterocycles. The van der Waals surface area contributed by atoms with Crippen LogP contribution < -0.4 is 26.0 Å². The summed E-state index contributed by atoms with van der Waals surface area (Å²) >= 11 is 7.88. The van der Waals surface area contributed by atoms with Crippen LogP contribution in [0.3, 0.4) is 0 Å². The predicted molar refractivity (Wildman–Crippen MR) is 263 cm³/mol. The van der Waals surface area contributed by atoms with Crippen molar-refractivity contribution in [3.63, 3.8) is 0 Å². The molecule has 4 aromatic rings. The minimum atomic E-state index is -0.953. The number of hydrogen-bond donors (Lipinski definition) is 5. The molecule has 3 fully saturated rings. The molecule has 1 saturated heterocycles. The number of carbonyl (C=O) groups excluding carboxylic acids is 4. The minimum absolute atomic E-state index is 0.00916. The predicted octanol–water partition coefficient (Wildman–Crippen LogP) is 7.84. The summed E-state index contributed by atoms with van der Waals surface area (Å²) in [6.45, 7) is 14.8. The number of nitrogens with one attached hydrogen (secondary N) is 4. The first-order valence-corrected chi connectivity index (χ1v) is 24.7. The first-order valence-electron chi connectivity index (χ1n) is 23.4. The number of rotatable bonds is 19. The van der Waals surface area contributed by atoms with Crippen molar-refractivity contribution >= 4 is 52.3 Å². The van der Waals surface area contributed by atoms with Crippen molar-refractivity contribution in [2.75, 3.05) is 31.6 Å². The number of unbranched alkanes of at least 4 members (excludes halogenated alkanes) is 1. The smallest absolute Gasteiger partial charge is 0.251 e. The normalized spacial score (nSPS) is 20.9. The average molecular weight is 967 g/mol. The number of aromatic nitrogens is 1. The Bertz CT molecular complexity index is 2480. The quantitative estimate of drug-likeness (QED) is 0.0578. The molecule has 68 heavy (non-hydrogen) atoms. The van der Waals surface area contributed by atoms with Gasteiger partial charge in [-0.3, -0.25) is 19.2 Å². The van der Waals surface area contributed by atoms with E-state index < -0.39 is 35.4 Å². The largest absolute Gasteiger partial charge is 0.489 e. The Kier molecular flexibility index (Phi) is 15.5. The molecular formula is C52H64ClN7O7S. The van der Waals surface area contributed by atoms with Gasteiger partial charge >= 0.3 is 0 Å². The van der Waals surface area contributed by atoms with Crippen molar-refractivity contribution in [1.82, 2.24) is 25.8 Å². The number of β-amino-alcohol motifs (C(OH)–C–C–N with tert-alkyl or cyclic N) is 1. The van der Waals surface area contributed by atoms with Gasteiger partial charge in [-0.05, 0) is 78.6 Å². The van der Waals surface area contributed by atoms with Gasteiger partial charge in [-0.1, -0.05) is 84.3 Å². The van der Waals surface area contributed by atoms with E-state index in [1.54, 1.807) is 41.7 Å². The summed E-state index contributed by atoms with van der Waals surface area (Å²) in [5, 5.41) is 32.5. The number of hydrogen-bond acceptors (Lipinski definition) is 11. The second kappa shape index (κ2) is 21.0. The summed E-state index contributed by atoms with van der Waals surface area (Å²) in [7, 11) is 0. The molecule has 0 spiro atoms. The van der Waals surface area contributed by atoms with E-state index in [0.717, 1.165) is 23.2 Å². The van der Waals surface area contributed by atoms with Gasteiger partial charge in [0.1, 0.15) is 36.6 Å². The van der Waals surface area contributed by atoms with E-state index >= 15 is 0 Å². The number of thiazole rings is 1. The maximum Gasteiger partial charge on any atom is 0.251 e. The van der Waals surface area contributed by atoms with Gasteiger partial charge in [-0.15, -0.1) is 11.3 Å². The third kappa shape index (κ3) is 11.7. The fourth-order valence-electron chi connectivity index (χ4n) is 9.80. The zero-order valence-electron chi connectivity index (χ0n) is 40.0. The van der Waals surface area contributed by atoms with Crippen molar-refractivity contribution in [2.45, 2.75) is 123 Å². The lowest BCUT2D eigenvalue weighted by Gasteiger charge is -2.63. The Morgan fingerprint density at radius 2 is 1.71 bits per heavy atom. The van der Waals surface area contributed by atoms with Crippen LogP contribution in [0, 0.1) is 27.6 Å². The Morgan fingerprint density at radius 3 is 2.35 bits per heavy atom. The average Bonchev–Trinajstić information content (AvgIpc) is 3.89. The van der Waals surface area contributed by atoms with Crippen LogP contribution in [0.15, 0.2) is 72.2 Å². The van der Waals surface area contributed by atoms with Crippen LogP contribution in [0.4, 0.5) is 5.69 Å². The van der Waals surface area contributed by atoms with E-state index in [9.17, 15) is 29.5 Å². The number of anilines is 1. The fraction of sp³-hybridized carbons (Fsp3) is 0.500. The summed E-state index contributed by atoms with van der Waals surface area (Å²) in [6.07, 6.45) is 2.83. The number of ether oxygens (including phenoxy) is 2. The van der Waals surface area contributed by atoms with Crippen LogP contribution in [0.25, 0.3) is 10.4 Å². The highest BCUT2D eigenvalue weighted by molar-refractivity contribution is 7.13. The summed E-state index contributed by atoms with van der Waals surface area (Å²) in [5.74, 6) is -0.280. The number of benzene rings is 3. The first kappa shape index (κ1) is 50.3. The number of halogens is 1. The van der Waals surface area contributed by atoms with E-state index in [2.05, 4.69) is 60.0 Å². The highest BCUT2D eigenvalue weighted by atomic mass is 35.5. The van der Waals surface area contributed by atoms with Crippen molar-refractivity contribution in [3.8, 4) is 22.3 Å². The molecule has 3 aliphatic rings. The van der Waals surface area contributed by atoms with Crippen LogP contribution in [-0.4, -0.2) is 95.3 Å². The molecule has 362 valence electrons. The van der Waals surface area contributed by atoms with E-state index in [0.29, 0.717) is 47.4 Å². The van der Waals surface area contributed by atoms with Gasteiger partial charge in [0, 0.05) is 72.8 Å². The number of nitriles is 1. The molecule has 2 saturated carbocycles. The zero-order valence-corrected chi connectivity index (χ0v) is 41.6. The molecule has 4 amide bonds. The van der Waals surface area contributed by atoms with Crippen LogP contribution in [-0.2, 0) is 25.7 Å². The van der Waals surface area contributed by atoms with E-state index in [1.807, 2.05) is 62.7 Å². The molecule has 0 radical (unpaired) electrons. The Labute approximate surface area is 408 Å². The Balaban J connectivity index is 0.805. The maximum absolute atomic E-state index is 14.0. The molecule has 3 aromatic carbocycles.